The molecule has 3 heterocycles. The number of fused-ring (bicyclic) bond motifs is 1. The fourth-order valence-corrected chi connectivity index (χ4v) is 3.14. The summed E-state index contributed by atoms with van der Waals surface area (Å²) in [6.07, 6.45) is 1.63. The predicted octanol–water partition coefficient (Wildman–Crippen LogP) is 1.73. The van der Waals surface area contributed by atoms with E-state index >= 15 is 0 Å². The summed E-state index contributed by atoms with van der Waals surface area (Å²) in [5.41, 5.74) is 0.360. The van der Waals surface area contributed by atoms with E-state index in [1.165, 1.54) is 4.68 Å². The second-order valence-electron chi connectivity index (χ2n) is 5.86. The maximum absolute atomic E-state index is 12.0. The molecule has 118 valence electrons. The van der Waals surface area contributed by atoms with Crippen LogP contribution in [0, 0.1) is 0 Å². The third-order valence-electron chi connectivity index (χ3n) is 4.10. The van der Waals surface area contributed by atoms with Crippen molar-refractivity contribution in [3.05, 3.63) is 33.2 Å². The number of hydrogen-bond acceptors (Lipinski definition) is 5. The lowest BCUT2D eigenvalue weighted by molar-refractivity contribution is 0.478. The van der Waals surface area contributed by atoms with Gasteiger partial charge in [0.25, 0.3) is 5.56 Å². The van der Waals surface area contributed by atoms with Crippen LogP contribution in [0.5, 0.6) is 0 Å². The van der Waals surface area contributed by atoms with Crippen LogP contribution in [-0.2, 0) is 13.6 Å². The summed E-state index contributed by atoms with van der Waals surface area (Å²) in [4.78, 5) is 14.0. The average molecular weight is 323 g/mol. The van der Waals surface area contributed by atoms with Gasteiger partial charge >= 0.3 is 0 Å². The van der Waals surface area contributed by atoms with E-state index in [1.54, 1.807) is 13.2 Å². The van der Waals surface area contributed by atoms with Gasteiger partial charge in [-0.2, -0.15) is 5.10 Å². The quantitative estimate of drug-likeness (QED) is 0.842. The first-order valence-electron chi connectivity index (χ1n) is 7.33. The molecule has 0 aliphatic carbocycles. The molecule has 0 spiro atoms. The monoisotopic (exact) mass is 322 g/mol. The van der Waals surface area contributed by atoms with Gasteiger partial charge < -0.3 is 9.47 Å². The number of aryl methyl sites for hydroxylation is 1. The van der Waals surface area contributed by atoms with E-state index in [-0.39, 0.29) is 16.6 Å². The highest BCUT2D eigenvalue weighted by Gasteiger charge is 2.30. The molecule has 3 rings (SSSR count). The minimum absolute atomic E-state index is 0.0137. The zero-order valence-corrected chi connectivity index (χ0v) is 13.9. The number of aromatic nitrogens is 5. The third kappa shape index (κ3) is 2.20. The van der Waals surface area contributed by atoms with Crippen LogP contribution >= 0.6 is 11.6 Å². The van der Waals surface area contributed by atoms with Crippen LogP contribution in [0.25, 0.3) is 0 Å². The molecule has 0 saturated carbocycles. The van der Waals surface area contributed by atoms with Gasteiger partial charge in [-0.3, -0.25) is 4.79 Å². The Kier molecular flexibility index (Phi) is 3.68. The molecule has 1 unspecified atom stereocenters. The van der Waals surface area contributed by atoms with Crippen LogP contribution in [0.4, 0.5) is 5.69 Å². The summed E-state index contributed by atoms with van der Waals surface area (Å²) in [5.74, 6) is 2.22. The van der Waals surface area contributed by atoms with E-state index in [4.69, 9.17) is 11.6 Å². The van der Waals surface area contributed by atoms with Crippen molar-refractivity contribution in [2.45, 2.75) is 39.3 Å². The number of anilines is 1. The maximum Gasteiger partial charge on any atom is 0.287 e. The largest absolute Gasteiger partial charge is 0.357 e. The minimum atomic E-state index is -0.290. The molecule has 0 radical (unpaired) electrons. The van der Waals surface area contributed by atoms with Crippen molar-refractivity contribution in [3.63, 3.8) is 0 Å². The van der Waals surface area contributed by atoms with E-state index in [9.17, 15) is 4.79 Å². The lowest BCUT2D eigenvalue weighted by Crippen LogP contribution is -2.39. The Hall–Kier alpha value is -1.89. The average Bonchev–Trinajstić information content (AvgIpc) is 2.91. The first kappa shape index (κ1) is 15.0. The van der Waals surface area contributed by atoms with Gasteiger partial charge in [-0.25, -0.2) is 4.68 Å². The lowest BCUT2D eigenvalue weighted by Gasteiger charge is -2.35. The standard InChI is InChI=1S/C14H19ClN6O/c1-8(2)12-17-18-13-9(3)20(5-6-21(12)13)10-7-16-19(4)14(22)11(10)15/h7-9H,5-6H2,1-4H3. The van der Waals surface area contributed by atoms with Gasteiger partial charge in [0.1, 0.15) is 10.8 Å². The smallest absolute Gasteiger partial charge is 0.287 e. The molecule has 0 fully saturated rings. The van der Waals surface area contributed by atoms with Crippen molar-refractivity contribution in [2.24, 2.45) is 7.05 Å². The SMILES string of the molecule is CC(C)c1nnc2n1CCN(c1cnn(C)c(=O)c1Cl)C2C. The van der Waals surface area contributed by atoms with Crippen molar-refractivity contribution >= 4 is 17.3 Å². The van der Waals surface area contributed by atoms with E-state index in [1.807, 2.05) is 6.92 Å². The molecule has 0 saturated heterocycles. The van der Waals surface area contributed by atoms with Gasteiger partial charge in [0.05, 0.1) is 17.9 Å². The van der Waals surface area contributed by atoms with Crippen molar-refractivity contribution in [1.29, 1.82) is 0 Å². The summed E-state index contributed by atoms with van der Waals surface area (Å²) >= 11 is 6.22. The van der Waals surface area contributed by atoms with Gasteiger partial charge in [-0.1, -0.05) is 25.4 Å². The van der Waals surface area contributed by atoms with Gasteiger partial charge in [-0.15, -0.1) is 10.2 Å². The Labute approximate surface area is 133 Å². The van der Waals surface area contributed by atoms with Crippen LogP contribution in [-0.4, -0.2) is 31.1 Å². The van der Waals surface area contributed by atoms with Gasteiger partial charge in [0.2, 0.25) is 0 Å². The molecule has 0 aromatic carbocycles. The van der Waals surface area contributed by atoms with Gasteiger partial charge in [0, 0.05) is 26.1 Å². The van der Waals surface area contributed by atoms with Crippen LogP contribution in [0.15, 0.2) is 11.0 Å². The molecule has 2 aromatic rings. The van der Waals surface area contributed by atoms with Gasteiger partial charge in [0.15, 0.2) is 5.82 Å². The summed E-state index contributed by atoms with van der Waals surface area (Å²) in [5, 5.41) is 12.9. The Bertz CT molecular complexity index is 765. The molecule has 2 aromatic heterocycles. The van der Waals surface area contributed by atoms with Crippen LogP contribution in [0.2, 0.25) is 5.02 Å². The normalized spacial score (nSPS) is 17.9. The number of hydrogen-bond donors (Lipinski definition) is 0. The first-order chi connectivity index (χ1) is 10.4. The lowest BCUT2D eigenvalue weighted by atomic mass is 10.1. The Morgan fingerprint density at radius 1 is 1.32 bits per heavy atom. The molecule has 8 heteroatoms. The zero-order valence-electron chi connectivity index (χ0n) is 13.1. The first-order valence-corrected chi connectivity index (χ1v) is 7.71. The number of rotatable bonds is 2. The number of nitrogens with zero attached hydrogens (tertiary/aromatic N) is 6. The summed E-state index contributed by atoms with van der Waals surface area (Å²) < 4.78 is 3.40. The Morgan fingerprint density at radius 2 is 2.05 bits per heavy atom. The van der Waals surface area contributed by atoms with Crippen molar-refractivity contribution < 1.29 is 0 Å². The molecule has 0 bridgehead atoms. The Morgan fingerprint density at radius 3 is 2.73 bits per heavy atom. The molecular formula is C14H19ClN6O. The molecular weight excluding hydrogens is 304 g/mol. The fourth-order valence-electron chi connectivity index (χ4n) is 2.87. The molecule has 1 aliphatic rings. The molecule has 1 aliphatic heterocycles. The van der Waals surface area contributed by atoms with Crippen molar-refractivity contribution in [2.75, 3.05) is 11.4 Å². The minimum Gasteiger partial charge on any atom is -0.357 e. The molecule has 7 nitrogen and oxygen atoms in total. The summed E-state index contributed by atoms with van der Waals surface area (Å²) in [6, 6.07) is -0.0137. The molecule has 22 heavy (non-hydrogen) atoms. The van der Waals surface area contributed by atoms with E-state index < -0.39 is 0 Å². The maximum atomic E-state index is 12.0. The second kappa shape index (κ2) is 5.39. The number of halogens is 1. The van der Waals surface area contributed by atoms with Crippen LogP contribution < -0.4 is 10.5 Å². The van der Waals surface area contributed by atoms with Crippen molar-refractivity contribution in [3.8, 4) is 0 Å². The molecule has 0 amide bonds. The summed E-state index contributed by atoms with van der Waals surface area (Å²) in [7, 11) is 1.59. The highest BCUT2D eigenvalue weighted by Crippen LogP contribution is 2.33. The van der Waals surface area contributed by atoms with Crippen LogP contribution in [0.1, 0.15) is 44.4 Å². The Balaban J connectivity index is 2.02. The fraction of sp³-hybridized carbons (Fsp3) is 0.571. The van der Waals surface area contributed by atoms with Crippen LogP contribution in [0.3, 0.4) is 0 Å². The summed E-state index contributed by atoms with van der Waals surface area (Å²) in [6.45, 7) is 7.76. The molecule has 1 atom stereocenters. The second-order valence-corrected chi connectivity index (χ2v) is 6.24. The van der Waals surface area contributed by atoms with Gasteiger partial charge in [-0.05, 0) is 6.92 Å². The third-order valence-corrected chi connectivity index (χ3v) is 4.45. The molecule has 0 N–H and O–H groups in total. The van der Waals surface area contributed by atoms with E-state index in [0.29, 0.717) is 11.6 Å². The zero-order chi connectivity index (χ0) is 16.0. The van der Waals surface area contributed by atoms with E-state index in [2.05, 4.69) is 38.6 Å². The highest BCUT2D eigenvalue weighted by atomic mass is 35.5. The van der Waals surface area contributed by atoms with Crippen molar-refractivity contribution in [1.82, 2.24) is 24.5 Å². The van der Waals surface area contributed by atoms with E-state index in [0.717, 1.165) is 24.7 Å². The predicted molar refractivity (Wildman–Crippen MR) is 84.4 cm³/mol. The topological polar surface area (TPSA) is 68.8 Å². The highest BCUT2D eigenvalue weighted by molar-refractivity contribution is 6.33.